The highest BCUT2D eigenvalue weighted by molar-refractivity contribution is 9.10. The van der Waals surface area contributed by atoms with Gasteiger partial charge in [0, 0.05) is 42.3 Å². The average Bonchev–Trinajstić information content (AvgIpc) is 2.63. The van der Waals surface area contributed by atoms with E-state index in [1.54, 1.807) is 24.3 Å². The van der Waals surface area contributed by atoms with Gasteiger partial charge in [0.15, 0.2) is 0 Å². The maximum atomic E-state index is 12.5. The van der Waals surface area contributed by atoms with Crippen molar-refractivity contribution in [3.8, 4) is 0 Å². The van der Waals surface area contributed by atoms with Gasteiger partial charge in [-0.25, -0.2) is 0 Å². The standard InChI is InChI=1S/C18H18BrClN4O3/c1-22-5-7-23(8-6-22)16-11-15(14(20)10-17(16)24(26)27)21-18(25)12-3-2-4-13(19)9-12/h2-4,9-11H,5-8H2,1H3,(H,21,25). The Morgan fingerprint density at radius 3 is 2.56 bits per heavy atom. The molecular formula is C18H18BrClN4O3. The SMILES string of the molecule is CN1CCN(c2cc(NC(=O)c3cccc(Br)c3)c(Cl)cc2[N+](=O)[O-])CC1. The zero-order chi connectivity index (χ0) is 19.6. The molecular weight excluding hydrogens is 436 g/mol. The fraction of sp³-hybridized carbons (Fsp3) is 0.278. The van der Waals surface area contributed by atoms with E-state index in [1.165, 1.54) is 6.07 Å². The molecule has 1 aliphatic rings. The monoisotopic (exact) mass is 452 g/mol. The molecule has 1 fully saturated rings. The second-order valence-electron chi connectivity index (χ2n) is 6.33. The van der Waals surface area contributed by atoms with Crippen molar-refractivity contribution < 1.29 is 9.72 Å². The lowest BCUT2D eigenvalue weighted by Crippen LogP contribution is -2.44. The molecule has 0 bridgehead atoms. The van der Waals surface area contributed by atoms with Gasteiger partial charge in [0.2, 0.25) is 0 Å². The normalized spacial score (nSPS) is 14.9. The highest BCUT2D eigenvalue weighted by atomic mass is 79.9. The van der Waals surface area contributed by atoms with Crippen molar-refractivity contribution in [2.24, 2.45) is 0 Å². The summed E-state index contributed by atoms with van der Waals surface area (Å²) >= 11 is 9.55. The van der Waals surface area contributed by atoms with Crippen molar-refractivity contribution in [2.75, 3.05) is 43.4 Å². The zero-order valence-electron chi connectivity index (χ0n) is 14.6. The first-order chi connectivity index (χ1) is 12.8. The van der Waals surface area contributed by atoms with Gasteiger partial charge in [0.05, 0.1) is 15.6 Å². The van der Waals surface area contributed by atoms with E-state index in [9.17, 15) is 14.9 Å². The average molecular weight is 454 g/mol. The first-order valence-electron chi connectivity index (χ1n) is 8.33. The van der Waals surface area contributed by atoms with Gasteiger partial charge in [-0.05, 0) is 31.3 Å². The molecule has 3 rings (SSSR count). The number of likely N-dealkylation sites (N-methyl/N-ethyl adjacent to an activating group) is 1. The Bertz CT molecular complexity index is 885. The fourth-order valence-electron chi connectivity index (χ4n) is 2.92. The molecule has 1 amide bonds. The number of amides is 1. The van der Waals surface area contributed by atoms with Crippen molar-refractivity contribution >= 4 is 50.5 Å². The van der Waals surface area contributed by atoms with Crippen molar-refractivity contribution in [2.45, 2.75) is 0 Å². The lowest BCUT2D eigenvalue weighted by Gasteiger charge is -2.33. The molecule has 27 heavy (non-hydrogen) atoms. The highest BCUT2D eigenvalue weighted by Gasteiger charge is 2.25. The van der Waals surface area contributed by atoms with E-state index in [1.807, 2.05) is 18.0 Å². The van der Waals surface area contributed by atoms with Crippen molar-refractivity contribution in [1.29, 1.82) is 0 Å². The third kappa shape index (κ3) is 4.58. The molecule has 0 saturated carbocycles. The molecule has 142 valence electrons. The van der Waals surface area contributed by atoms with E-state index in [2.05, 4.69) is 26.1 Å². The van der Waals surface area contributed by atoms with E-state index >= 15 is 0 Å². The molecule has 1 saturated heterocycles. The van der Waals surface area contributed by atoms with Crippen molar-refractivity contribution in [3.63, 3.8) is 0 Å². The number of anilines is 2. The number of carbonyl (C=O) groups excluding carboxylic acids is 1. The van der Waals surface area contributed by atoms with Crippen LogP contribution in [-0.2, 0) is 0 Å². The fourth-order valence-corrected chi connectivity index (χ4v) is 3.52. The van der Waals surface area contributed by atoms with Crippen LogP contribution in [0.15, 0.2) is 40.9 Å². The lowest BCUT2D eigenvalue weighted by molar-refractivity contribution is -0.384. The number of hydrogen-bond acceptors (Lipinski definition) is 5. The minimum absolute atomic E-state index is 0.0648. The van der Waals surface area contributed by atoms with E-state index < -0.39 is 4.92 Å². The molecule has 1 heterocycles. The molecule has 0 atom stereocenters. The second kappa shape index (κ2) is 8.24. The van der Waals surface area contributed by atoms with E-state index in [0.717, 1.165) is 17.6 Å². The molecule has 0 aromatic heterocycles. The van der Waals surface area contributed by atoms with Gasteiger partial charge in [-0.2, -0.15) is 0 Å². The van der Waals surface area contributed by atoms with Crippen LogP contribution in [0.4, 0.5) is 17.1 Å². The van der Waals surface area contributed by atoms with Crippen LogP contribution in [0.1, 0.15) is 10.4 Å². The minimum atomic E-state index is -0.445. The van der Waals surface area contributed by atoms with Crippen LogP contribution >= 0.6 is 27.5 Å². The number of piperazine rings is 1. The van der Waals surface area contributed by atoms with Crippen LogP contribution < -0.4 is 10.2 Å². The van der Waals surface area contributed by atoms with E-state index in [0.29, 0.717) is 30.0 Å². The van der Waals surface area contributed by atoms with Gasteiger partial charge in [0.1, 0.15) is 5.69 Å². The Labute approximate surface area is 170 Å². The Kier molecular flexibility index (Phi) is 5.98. The molecule has 1 aliphatic heterocycles. The second-order valence-corrected chi connectivity index (χ2v) is 7.66. The van der Waals surface area contributed by atoms with Crippen LogP contribution in [0.2, 0.25) is 5.02 Å². The predicted molar refractivity (Wildman–Crippen MR) is 110 cm³/mol. The first-order valence-corrected chi connectivity index (χ1v) is 9.50. The topological polar surface area (TPSA) is 78.7 Å². The molecule has 2 aromatic rings. The molecule has 2 aromatic carbocycles. The predicted octanol–water partition coefficient (Wildman–Crippen LogP) is 4.01. The van der Waals surface area contributed by atoms with Gasteiger partial charge in [0.25, 0.3) is 11.6 Å². The van der Waals surface area contributed by atoms with Crippen LogP contribution in [0.25, 0.3) is 0 Å². The third-order valence-electron chi connectivity index (χ3n) is 4.44. The summed E-state index contributed by atoms with van der Waals surface area (Å²) < 4.78 is 0.781. The van der Waals surface area contributed by atoms with Crippen LogP contribution in [0.5, 0.6) is 0 Å². The van der Waals surface area contributed by atoms with Crippen LogP contribution in [0, 0.1) is 10.1 Å². The summed E-state index contributed by atoms with van der Waals surface area (Å²) in [6, 6.07) is 9.83. The number of nitro groups is 1. The first kappa shape index (κ1) is 19.6. The van der Waals surface area contributed by atoms with Gasteiger partial charge < -0.3 is 15.1 Å². The molecule has 0 spiro atoms. The number of rotatable bonds is 4. The van der Waals surface area contributed by atoms with Gasteiger partial charge in [-0.1, -0.05) is 33.6 Å². The summed E-state index contributed by atoms with van der Waals surface area (Å²) in [7, 11) is 2.01. The van der Waals surface area contributed by atoms with Crippen LogP contribution in [-0.4, -0.2) is 49.0 Å². The lowest BCUT2D eigenvalue weighted by atomic mass is 10.1. The summed E-state index contributed by atoms with van der Waals surface area (Å²) in [5.74, 6) is -0.337. The van der Waals surface area contributed by atoms with Gasteiger partial charge >= 0.3 is 0 Å². The number of nitrogens with zero attached hydrogens (tertiary/aromatic N) is 3. The Balaban J connectivity index is 1.92. The molecule has 1 N–H and O–H groups in total. The molecule has 0 radical (unpaired) electrons. The van der Waals surface area contributed by atoms with E-state index in [-0.39, 0.29) is 16.6 Å². The van der Waals surface area contributed by atoms with Gasteiger partial charge in [-0.15, -0.1) is 0 Å². The van der Waals surface area contributed by atoms with Crippen LogP contribution in [0.3, 0.4) is 0 Å². The minimum Gasteiger partial charge on any atom is -0.363 e. The molecule has 0 unspecified atom stereocenters. The summed E-state index contributed by atoms with van der Waals surface area (Å²) in [5.41, 5.74) is 1.20. The maximum absolute atomic E-state index is 12.5. The number of carbonyl (C=O) groups is 1. The Morgan fingerprint density at radius 2 is 1.93 bits per heavy atom. The summed E-state index contributed by atoms with van der Waals surface area (Å²) in [6.45, 7) is 2.94. The van der Waals surface area contributed by atoms with Crippen molar-refractivity contribution in [3.05, 3.63) is 61.6 Å². The number of nitrogens with one attached hydrogen (secondary N) is 1. The summed E-state index contributed by atoms with van der Waals surface area (Å²) in [4.78, 5) is 27.7. The zero-order valence-corrected chi connectivity index (χ0v) is 17.0. The largest absolute Gasteiger partial charge is 0.363 e. The molecule has 0 aliphatic carbocycles. The molecule has 7 nitrogen and oxygen atoms in total. The smallest absolute Gasteiger partial charge is 0.294 e. The Morgan fingerprint density at radius 1 is 1.22 bits per heavy atom. The summed E-state index contributed by atoms with van der Waals surface area (Å²) in [6.07, 6.45) is 0. The molecule has 9 heteroatoms. The Hall–Kier alpha value is -2.16. The number of nitro benzene ring substituents is 1. The number of benzene rings is 2. The number of hydrogen-bond donors (Lipinski definition) is 1. The van der Waals surface area contributed by atoms with Crippen molar-refractivity contribution in [1.82, 2.24) is 4.90 Å². The summed E-state index contributed by atoms with van der Waals surface area (Å²) in [5, 5.41) is 14.4. The van der Waals surface area contributed by atoms with E-state index in [4.69, 9.17) is 11.6 Å². The highest BCUT2D eigenvalue weighted by Crippen LogP contribution is 2.37. The third-order valence-corrected chi connectivity index (χ3v) is 5.25. The maximum Gasteiger partial charge on any atom is 0.294 e. The quantitative estimate of drug-likeness (QED) is 0.559. The van der Waals surface area contributed by atoms with Gasteiger partial charge in [-0.3, -0.25) is 14.9 Å². The number of halogens is 2.